The zero-order valence-electron chi connectivity index (χ0n) is 5.51. The molecule has 0 aromatic rings. The molecule has 2 atom stereocenters. The Morgan fingerprint density at radius 3 is 1.70 bits per heavy atom. The average Bonchev–Trinajstić information content (AvgIpc) is 2.57. The van der Waals surface area contributed by atoms with Gasteiger partial charge in [0.25, 0.3) is 0 Å². The van der Waals surface area contributed by atoms with Crippen LogP contribution in [0.2, 0.25) is 0 Å². The van der Waals surface area contributed by atoms with Crippen molar-refractivity contribution in [1.82, 2.24) is 0 Å². The molecule has 0 bridgehead atoms. The highest BCUT2D eigenvalue weighted by Gasteiger charge is 2.25. The van der Waals surface area contributed by atoms with Gasteiger partial charge in [-0.1, -0.05) is 7.43 Å². The molecule has 0 saturated carbocycles. The summed E-state index contributed by atoms with van der Waals surface area (Å²) >= 11 is 0. The fraction of sp³-hybridized carbons (Fsp3) is 1.00. The minimum Gasteiger partial charge on any atom is -0.373 e. The number of rotatable bonds is 4. The molecule has 2 unspecified atom stereocenters. The van der Waals surface area contributed by atoms with Crippen molar-refractivity contribution in [2.45, 2.75) is 38.9 Å². The first-order chi connectivity index (χ1) is 4.45. The quantitative estimate of drug-likeness (QED) is 0.560. The molecule has 10 heavy (non-hydrogen) atoms. The summed E-state index contributed by atoms with van der Waals surface area (Å²) < 4.78 is 10.1. The fourth-order valence-electron chi connectivity index (χ4n) is 1.04. The van der Waals surface area contributed by atoms with E-state index < -0.39 is 0 Å². The van der Waals surface area contributed by atoms with Crippen molar-refractivity contribution >= 4 is 0 Å². The van der Waals surface area contributed by atoms with Crippen LogP contribution in [0.3, 0.4) is 0 Å². The SMILES string of the molecule is C.C(CC1CO1)CC1CO1. The minimum atomic E-state index is 0. The highest BCUT2D eigenvalue weighted by molar-refractivity contribution is 4.73. The van der Waals surface area contributed by atoms with E-state index in [1.807, 2.05) is 0 Å². The van der Waals surface area contributed by atoms with Crippen molar-refractivity contribution in [3.05, 3.63) is 0 Å². The summed E-state index contributed by atoms with van der Waals surface area (Å²) in [5.74, 6) is 0. The van der Waals surface area contributed by atoms with Crippen LogP contribution in [-0.2, 0) is 9.47 Å². The molecule has 0 aromatic carbocycles. The molecule has 0 amide bonds. The van der Waals surface area contributed by atoms with Crippen LogP contribution in [0.4, 0.5) is 0 Å². The molecular weight excluding hydrogens is 128 g/mol. The van der Waals surface area contributed by atoms with Gasteiger partial charge >= 0.3 is 0 Å². The predicted molar refractivity (Wildman–Crippen MR) is 40.1 cm³/mol. The lowest BCUT2D eigenvalue weighted by molar-refractivity contribution is 0.365. The van der Waals surface area contributed by atoms with Gasteiger partial charge in [-0.2, -0.15) is 0 Å². The molecule has 2 nitrogen and oxygen atoms in total. The molecule has 2 rings (SSSR count). The van der Waals surface area contributed by atoms with Crippen molar-refractivity contribution in [1.29, 1.82) is 0 Å². The van der Waals surface area contributed by atoms with E-state index in [1.54, 1.807) is 0 Å². The van der Waals surface area contributed by atoms with Crippen LogP contribution in [0.1, 0.15) is 26.7 Å². The van der Waals surface area contributed by atoms with E-state index in [0.29, 0.717) is 12.2 Å². The lowest BCUT2D eigenvalue weighted by Gasteiger charge is -1.90. The second-order valence-corrected chi connectivity index (χ2v) is 2.84. The van der Waals surface area contributed by atoms with Gasteiger partial charge in [-0.25, -0.2) is 0 Å². The van der Waals surface area contributed by atoms with Crippen LogP contribution in [-0.4, -0.2) is 25.4 Å². The zero-order valence-corrected chi connectivity index (χ0v) is 5.51. The van der Waals surface area contributed by atoms with Crippen molar-refractivity contribution in [3.8, 4) is 0 Å². The van der Waals surface area contributed by atoms with Gasteiger partial charge in [0.2, 0.25) is 0 Å². The Morgan fingerprint density at radius 2 is 1.40 bits per heavy atom. The van der Waals surface area contributed by atoms with E-state index in [1.165, 1.54) is 19.3 Å². The van der Waals surface area contributed by atoms with Crippen molar-refractivity contribution < 1.29 is 9.47 Å². The van der Waals surface area contributed by atoms with E-state index in [-0.39, 0.29) is 7.43 Å². The van der Waals surface area contributed by atoms with E-state index in [4.69, 9.17) is 9.47 Å². The smallest absolute Gasteiger partial charge is 0.0810 e. The Hall–Kier alpha value is -0.0800. The summed E-state index contributed by atoms with van der Waals surface area (Å²) in [6.07, 6.45) is 5.02. The fourth-order valence-corrected chi connectivity index (χ4v) is 1.04. The highest BCUT2D eigenvalue weighted by atomic mass is 16.6. The van der Waals surface area contributed by atoms with Crippen LogP contribution in [0, 0.1) is 0 Å². The van der Waals surface area contributed by atoms with Crippen LogP contribution in [0.5, 0.6) is 0 Å². The normalized spacial score (nSPS) is 34.8. The first kappa shape index (κ1) is 8.02. The molecule has 2 aliphatic heterocycles. The largest absolute Gasteiger partial charge is 0.373 e. The maximum absolute atomic E-state index is 5.07. The van der Waals surface area contributed by atoms with E-state index in [9.17, 15) is 0 Å². The molecule has 0 spiro atoms. The summed E-state index contributed by atoms with van der Waals surface area (Å²) in [5, 5.41) is 0. The molecule has 2 heteroatoms. The third-order valence-corrected chi connectivity index (χ3v) is 1.86. The lowest BCUT2D eigenvalue weighted by Crippen LogP contribution is -1.89. The zero-order chi connectivity index (χ0) is 6.10. The topological polar surface area (TPSA) is 25.1 Å². The van der Waals surface area contributed by atoms with Gasteiger partial charge in [0, 0.05) is 0 Å². The number of hydrogen-bond donors (Lipinski definition) is 0. The first-order valence-electron chi connectivity index (χ1n) is 3.68. The Morgan fingerprint density at radius 1 is 1.00 bits per heavy atom. The molecule has 0 radical (unpaired) electrons. The molecule has 0 aliphatic carbocycles. The third kappa shape index (κ3) is 2.67. The monoisotopic (exact) mass is 144 g/mol. The van der Waals surface area contributed by atoms with Gasteiger partial charge in [0.05, 0.1) is 25.4 Å². The lowest BCUT2D eigenvalue weighted by atomic mass is 10.2. The Bertz CT molecular complexity index is 83.4. The molecule has 2 saturated heterocycles. The Kier molecular flexibility index (Phi) is 2.69. The van der Waals surface area contributed by atoms with Gasteiger partial charge in [-0.3, -0.25) is 0 Å². The van der Waals surface area contributed by atoms with E-state index in [0.717, 1.165) is 13.2 Å². The van der Waals surface area contributed by atoms with Crippen LogP contribution in [0.25, 0.3) is 0 Å². The molecule has 0 aromatic heterocycles. The van der Waals surface area contributed by atoms with Crippen LogP contribution >= 0.6 is 0 Å². The number of hydrogen-bond acceptors (Lipinski definition) is 2. The van der Waals surface area contributed by atoms with Gasteiger partial charge in [-0.15, -0.1) is 0 Å². The number of ether oxygens (including phenoxy) is 2. The summed E-state index contributed by atoms with van der Waals surface area (Å²) in [7, 11) is 0. The summed E-state index contributed by atoms with van der Waals surface area (Å²) in [6.45, 7) is 2.01. The summed E-state index contributed by atoms with van der Waals surface area (Å²) in [4.78, 5) is 0. The second-order valence-electron chi connectivity index (χ2n) is 2.84. The predicted octanol–water partition coefficient (Wildman–Crippen LogP) is 1.59. The van der Waals surface area contributed by atoms with E-state index >= 15 is 0 Å². The molecule has 60 valence electrons. The molecule has 2 aliphatic rings. The molecular formula is C8H16O2. The van der Waals surface area contributed by atoms with Crippen molar-refractivity contribution in [3.63, 3.8) is 0 Å². The van der Waals surface area contributed by atoms with Crippen molar-refractivity contribution in [2.24, 2.45) is 0 Å². The maximum Gasteiger partial charge on any atom is 0.0810 e. The number of epoxide rings is 2. The van der Waals surface area contributed by atoms with Gasteiger partial charge < -0.3 is 9.47 Å². The second kappa shape index (κ2) is 3.35. The highest BCUT2D eigenvalue weighted by Crippen LogP contribution is 2.21. The van der Waals surface area contributed by atoms with Gasteiger partial charge in [0.1, 0.15) is 0 Å². The summed E-state index contributed by atoms with van der Waals surface area (Å²) in [5.41, 5.74) is 0. The van der Waals surface area contributed by atoms with Crippen LogP contribution in [0.15, 0.2) is 0 Å². The molecule has 0 N–H and O–H groups in total. The van der Waals surface area contributed by atoms with Crippen LogP contribution < -0.4 is 0 Å². The maximum atomic E-state index is 5.07. The molecule has 2 fully saturated rings. The van der Waals surface area contributed by atoms with Gasteiger partial charge in [-0.05, 0) is 19.3 Å². The standard InChI is InChI=1S/C7H12O2.CH4/c1(2-6-4-8-6)3-7-5-9-7;/h6-7H,1-5H2;1H4. The Balaban J connectivity index is 0.000000500. The molecule has 2 heterocycles. The third-order valence-electron chi connectivity index (χ3n) is 1.86. The Labute approximate surface area is 62.5 Å². The average molecular weight is 144 g/mol. The van der Waals surface area contributed by atoms with E-state index in [2.05, 4.69) is 0 Å². The van der Waals surface area contributed by atoms with Crippen molar-refractivity contribution in [2.75, 3.05) is 13.2 Å². The summed E-state index contributed by atoms with van der Waals surface area (Å²) in [6, 6.07) is 0. The van der Waals surface area contributed by atoms with Gasteiger partial charge in [0.15, 0.2) is 0 Å². The first-order valence-corrected chi connectivity index (χ1v) is 3.68. The minimum absolute atomic E-state index is 0.